The van der Waals surface area contributed by atoms with Crippen LogP contribution in [0.5, 0.6) is 0 Å². The highest BCUT2D eigenvalue weighted by Gasteiger charge is 2.33. The van der Waals surface area contributed by atoms with Crippen LogP contribution in [0.15, 0.2) is 18.2 Å². The highest BCUT2D eigenvalue weighted by molar-refractivity contribution is 6.31. The van der Waals surface area contributed by atoms with E-state index in [1.807, 2.05) is 6.92 Å². The molecule has 0 saturated carbocycles. The maximum atomic E-state index is 13.2. The summed E-state index contributed by atoms with van der Waals surface area (Å²) in [4.78, 5) is 0. The molecule has 21 heavy (non-hydrogen) atoms. The van der Waals surface area contributed by atoms with E-state index in [0.717, 1.165) is 31.4 Å². The predicted molar refractivity (Wildman–Crippen MR) is 87.5 cm³/mol. The standard InChI is InChI=1S/C17H27ClFNO/c1-5-10-20-16(17(4,6-2)21-7-3)11-13-8-9-14(19)12-15(13)18/h8-9,12,16,20H,5-7,10-11H2,1-4H3. The van der Waals surface area contributed by atoms with E-state index < -0.39 is 0 Å². The maximum Gasteiger partial charge on any atom is 0.124 e. The van der Waals surface area contributed by atoms with Crippen LogP contribution in [-0.2, 0) is 11.2 Å². The molecule has 0 aliphatic rings. The van der Waals surface area contributed by atoms with Gasteiger partial charge in [-0.05, 0) is 57.4 Å². The fourth-order valence-electron chi connectivity index (χ4n) is 2.51. The molecule has 0 bridgehead atoms. The van der Waals surface area contributed by atoms with Crippen molar-refractivity contribution in [3.8, 4) is 0 Å². The van der Waals surface area contributed by atoms with Crippen LogP contribution in [0.1, 0.15) is 46.1 Å². The first-order valence-electron chi connectivity index (χ1n) is 7.78. The van der Waals surface area contributed by atoms with Gasteiger partial charge < -0.3 is 10.1 Å². The number of benzene rings is 1. The molecule has 0 amide bonds. The molecule has 1 rings (SSSR count). The van der Waals surface area contributed by atoms with E-state index in [0.29, 0.717) is 11.6 Å². The van der Waals surface area contributed by atoms with Crippen molar-refractivity contribution < 1.29 is 9.13 Å². The number of halogens is 2. The number of rotatable bonds is 9. The third-order valence-electron chi connectivity index (χ3n) is 3.99. The fourth-order valence-corrected chi connectivity index (χ4v) is 2.75. The van der Waals surface area contributed by atoms with Gasteiger partial charge in [0.05, 0.1) is 5.60 Å². The Labute approximate surface area is 133 Å². The van der Waals surface area contributed by atoms with Crippen LogP contribution in [0.25, 0.3) is 0 Å². The molecule has 1 aromatic rings. The summed E-state index contributed by atoms with van der Waals surface area (Å²) in [5, 5.41) is 4.04. The van der Waals surface area contributed by atoms with E-state index in [2.05, 4.69) is 26.1 Å². The van der Waals surface area contributed by atoms with Gasteiger partial charge in [0.25, 0.3) is 0 Å². The topological polar surface area (TPSA) is 21.3 Å². The van der Waals surface area contributed by atoms with E-state index in [1.54, 1.807) is 6.07 Å². The van der Waals surface area contributed by atoms with E-state index in [-0.39, 0.29) is 17.5 Å². The molecule has 0 heterocycles. The number of hydrogen-bond acceptors (Lipinski definition) is 2. The second-order valence-electron chi connectivity index (χ2n) is 5.55. The summed E-state index contributed by atoms with van der Waals surface area (Å²) in [7, 11) is 0. The van der Waals surface area contributed by atoms with Crippen molar-refractivity contribution in [2.45, 2.75) is 58.6 Å². The Morgan fingerprint density at radius 2 is 2.05 bits per heavy atom. The Balaban J connectivity index is 2.96. The summed E-state index contributed by atoms with van der Waals surface area (Å²) < 4.78 is 19.2. The van der Waals surface area contributed by atoms with Crippen LogP contribution in [-0.4, -0.2) is 24.8 Å². The van der Waals surface area contributed by atoms with Gasteiger partial charge in [-0.1, -0.05) is 31.5 Å². The van der Waals surface area contributed by atoms with Crippen molar-refractivity contribution in [2.24, 2.45) is 0 Å². The lowest BCUT2D eigenvalue weighted by atomic mass is 9.88. The molecule has 1 N–H and O–H groups in total. The van der Waals surface area contributed by atoms with Crippen molar-refractivity contribution in [3.05, 3.63) is 34.6 Å². The molecule has 0 radical (unpaired) electrons. The minimum absolute atomic E-state index is 0.144. The Morgan fingerprint density at radius 3 is 2.57 bits per heavy atom. The summed E-state index contributed by atoms with van der Waals surface area (Å²) in [6.07, 6.45) is 2.68. The zero-order chi connectivity index (χ0) is 15.9. The van der Waals surface area contributed by atoms with Gasteiger partial charge in [-0.15, -0.1) is 0 Å². The molecule has 0 aromatic heterocycles. The van der Waals surface area contributed by atoms with Crippen LogP contribution >= 0.6 is 11.6 Å². The van der Waals surface area contributed by atoms with E-state index in [4.69, 9.17) is 16.3 Å². The summed E-state index contributed by atoms with van der Waals surface area (Å²) in [6.45, 7) is 10.00. The number of ether oxygens (including phenoxy) is 1. The first kappa shape index (κ1) is 18.4. The van der Waals surface area contributed by atoms with E-state index in [9.17, 15) is 4.39 Å². The maximum absolute atomic E-state index is 13.2. The predicted octanol–water partition coefficient (Wildman–Crippen LogP) is 4.60. The van der Waals surface area contributed by atoms with Crippen LogP contribution in [0, 0.1) is 5.82 Å². The highest BCUT2D eigenvalue weighted by Crippen LogP contribution is 2.26. The lowest BCUT2D eigenvalue weighted by Crippen LogP contribution is -2.52. The van der Waals surface area contributed by atoms with Crippen molar-refractivity contribution in [1.82, 2.24) is 5.32 Å². The second kappa shape index (κ2) is 8.72. The minimum atomic E-state index is -0.301. The third kappa shape index (κ3) is 5.24. The Hall–Kier alpha value is -0.640. The SMILES string of the molecule is CCCNC(Cc1ccc(F)cc1Cl)C(C)(CC)OCC. The van der Waals surface area contributed by atoms with Gasteiger partial charge in [0.2, 0.25) is 0 Å². The van der Waals surface area contributed by atoms with Crippen LogP contribution < -0.4 is 5.32 Å². The molecule has 0 spiro atoms. The summed E-state index contributed by atoms with van der Waals surface area (Å²) in [5.41, 5.74) is 0.688. The van der Waals surface area contributed by atoms with Gasteiger partial charge in [-0.2, -0.15) is 0 Å². The van der Waals surface area contributed by atoms with Crippen molar-refractivity contribution >= 4 is 11.6 Å². The molecule has 2 nitrogen and oxygen atoms in total. The average molecular weight is 316 g/mol. The molecule has 0 saturated heterocycles. The van der Waals surface area contributed by atoms with Crippen LogP contribution in [0.2, 0.25) is 5.02 Å². The molecule has 1 aromatic carbocycles. The van der Waals surface area contributed by atoms with Gasteiger partial charge in [0, 0.05) is 17.7 Å². The lowest BCUT2D eigenvalue weighted by molar-refractivity contribution is -0.0549. The third-order valence-corrected chi connectivity index (χ3v) is 4.34. The lowest BCUT2D eigenvalue weighted by Gasteiger charge is -2.38. The smallest absolute Gasteiger partial charge is 0.124 e. The first-order valence-corrected chi connectivity index (χ1v) is 8.15. The molecule has 2 unspecified atom stereocenters. The van der Waals surface area contributed by atoms with Crippen molar-refractivity contribution in [1.29, 1.82) is 0 Å². The normalized spacial score (nSPS) is 15.7. The molecule has 4 heteroatoms. The molecule has 0 aliphatic carbocycles. The molecular formula is C17H27ClFNO. The summed E-state index contributed by atoms with van der Waals surface area (Å²) in [6, 6.07) is 4.74. The van der Waals surface area contributed by atoms with Crippen LogP contribution in [0.4, 0.5) is 4.39 Å². The Morgan fingerprint density at radius 1 is 1.33 bits per heavy atom. The van der Waals surface area contributed by atoms with Gasteiger partial charge in [-0.3, -0.25) is 0 Å². The zero-order valence-electron chi connectivity index (χ0n) is 13.5. The Kier molecular flexibility index (Phi) is 7.64. The van der Waals surface area contributed by atoms with Crippen LogP contribution in [0.3, 0.4) is 0 Å². The first-order chi connectivity index (χ1) is 9.96. The molecule has 0 fully saturated rings. The van der Waals surface area contributed by atoms with Crippen molar-refractivity contribution in [2.75, 3.05) is 13.2 Å². The summed E-state index contributed by atoms with van der Waals surface area (Å²) in [5.74, 6) is -0.301. The average Bonchev–Trinajstić information content (AvgIpc) is 2.45. The second-order valence-corrected chi connectivity index (χ2v) is 5.95. The van der Waals surface area contributed by atoms with E-state index >= 15 is 0 Å². The summed E-state index contributed by atoms with van der Waals surface area (Å²) >= 11 is 6.17. The van der Waals surface area contributed by atoms with Gasteiger partial charge in [0.15, 0.2) is 0 Å². The number of hydrogen-bond donors (Lipinski definition) is 1. The van der Waals surface area contributed by atoms with Gasteiger partial charge in [0.1, 0.15) is 5.82 Å². The Bertz CT molecular complexity index is 441. The van der Waals surface area contributed by atoms with Crippen molar-refractivity contribution in [3.63, 3.8) is 0 Å². The molecular weight excluding hydrogens is 289 g/mol. The highest BCUT2D eigenvalue weighted by atomic mass is 35.5. The molecule has 120 valence electrons. The number of nitrogens with one attached hydrogen (secondary N) is 1. The minimum Gasteiger partial charge on any atom is -0.374 e. The fraction of sp³-hybridized carbons (Fsp3) is 0.647. The van der Waals surface area contributed by atoms with Gasteiger partial charge in [-0.25, -0.2) is 4.39 Å². The molecule has 2 atom stereocenters. The molecule has 0 aliphatic heterocycles. The van der Waals surface area contributed by atoms with Gasteiger partial charge >= 0.3 is 0 Å². The zero-order valence-corrected chi connectivity index (χ0v) is 14.3. The largest absolute Gasteiger partial charge is 0.374 e. The monoisotopic (exact) mass is 315 g/mol. The van der Waals surface area contributed by atoms with E-state index in [1.165, 1.54) is 12.1 Å². The quantitative estimate of drug-likeness (QED) is 0.719.